The number of aromatic nitrogens is 2. The molecule has 1 aromatic heterocycles. The minimum atomic E-state index is -0.312. The molecule has 1 aromatic carbocycles. The molecule has 3 rings (SSSR count). The van der Waals surface area contributed by atoms with Crippen molar-refractivity contribution in [1.29, 1.82) is 0 Å². The summed E-state index contributed by atoms with van der Waals surface area (Å²) in [5.74, 6) is 0.849. The Morgan fingerprint density at radius 2 is 2.10 bits per heavy atom. The molecule has 0 N–H and O–H groups in total. The summed E-state index contributed by atoms with van der Waals surface area (Å²) in [4.78, 5) is 23.8. The lowest BCUT2D eigenvalue weighted by atomic mass is 10.1. The van der Waals surface area contributed by atoms with Gasteiger partial charge in [-0.2, -0.15) is 0 Å². The second-order valence-electron chi connectivity index (χ2n) is 5.21. The average molecular weight is 272 g/mol. The van der Waals surface area contributed by atoms with E-state index in [1.807, 2.05) is 19.1 Å². The number of nitrogens with zero attached hydrogens (tertiary/aromatic N) is 2. The summed E-state index contributed by atoms with van der Waals surface area (Å²) in [6.07, 6.45) is 2.04. The van der Waals surface area contributed by atoms with Gasteiger partial charge in [-0.05, 0) is 18.6 Å². The van der Waals surface area contributed by atoms with E-state index < -0.39 is 0 Å². The van der Waals surface area contributed by atoms with E-state index in [1.165, 1.54) is 27.0 Å². The van der Waals surface area contributed by atoms with E-state index >= 15 is 0 Å². The molecule has 1 atom stereocenters. The Morgan fingerprint density at radius 3 is 2.90 bits per heavy atom. The Morgan fingerprint density at radius 1 is 1.30 bits per heavy atom. The van der Waals surface area contributed by atoms with Gasteiger partial charge in [-0.15, -0.1) is 0 Å². The SMILES string of the molecule is Cc1ccc2c(c1)CC(Cn1c(=O)ccn(C)c1=O)O2. The van der Waals surface area contributed by atoms with Crippen molar-refractivity contribution in [2.75, 3.05) is 0 Å². The van der Waals surface area contributed by atoms with Gasteiger partial charge in [0.15, 0.2) is 0 Å². The van der Waals surface area contributed by atoms with Crippen molar-refractivity contribution >= 4 is 0 Å². The zero-order valence-corrected chi connectivity index (χ0v) is 11.5. The van der Waals surface area contributed by atoms with Gasteiger partial charge in [0, 0.05) is 25.7 Å². The first kappa shape index (κ1) is 12.7. The van der Waals surface area contributed by atoms with Crippen LogP contribution in [-0.4, -0.2) is 15.2 Å². The highest BCUT2D eigenvalue weighted by Gasteiger charge is 2.24. The lowest BCUT2D eigenvalue weighted by Gasteiger charge is -2.12. The summed E-state index contributed by atoms with van der Waals surface area (Å²) >= 11 is 0. The molecule has 5 heteroatoms. The number of rotatable bonds is 2. The van der Waals surface area contributed by atoms with Crippen LogP contribution in [0.1, 0.15) is 11.1 Å². The van der Waals surface area contributed by atoms with Crippen molar-refractivity contribution in [3.8, 4) is 5.75 Å². The second kappa shape index (κ2) is 4.67. The maximum Gasteiger partial charge on any atom is 0.330 e. The number of hydrogen-bond donors (Lipinski definition) is 0. The van der Waals surface area contributed by atoms with E-state index in [-0.39, 0.29) is 23.9 Å². The molecule has 0 radical (unpaired) electrons. The van der Waals surface area contributed by atoms with Crippen molar-refractivity contribution in [2.45, 2.75) is 26.0 Å². The molecule has 0 spiro atoms. The summed E-state index contributed by atoms with van der Waals surface area (Å²) < 4.78 is 8.43. The van der Waals surface area contributed by atoms with Gasteiger partial charge < -0.3 is 9.30 Å². The summed E-state index contributed by atoms with van der Waals surface area (Å²) in [5, 5.41) is 0. The number of fused-ring (bicyclic) bond motifs is 1. The molecule has 0 saturated carbocycles. The highest BCUT2D eigenvalue weighted by Crippen LogP contribution is 2.29. The minimum Gasteiger partial charge on any atom is -0.488 e. The van der Waals surface area contributed by atoms with E-state index in [0.717, 1.165) is 17.7 Å². The van der Waals surface area contributed by atoms with Crippen molar-refractivity contribution in [1.82, 2.24) is 9.13 Å². The third-order valence-corrected chi connectivity index (χ3v) is 3.58. The van der Waals surface area contributed by atoms with Crippen LogP contribution < -0.4 is 16.0 Å². The fourth-order valence-electron chi connectivity index (χ4n) is 2.54. The van der Waals surface area contributed by atoms with Gasteiger partial charge in [0.1, 0.15) is 11.9 Å². The van der Waals surface area contributed by atoms with Crippen LogP contribution in [0.4, 0.5) is 0 Å². The molecule has 0 amide bonds. The van der Waals surface area contributed by atoms with E-state index in [1.54, 1.807) is 7.05 Å². The molecule has 1 aliphatic heterocycles. The number of benzene rings is 1. The van der Waals surface area contributed by atoms with Crippen LogP contribution in [0.5, 0.6) is 5.75 Å². The van der Waals surface area contributed by atoms with Crippen molar-refractivity contribution < 1.29 is 4.74 Å². The van der Waals surface area contributed by atoms with Gasteiger partial charge in [0.2, 0.25) is 0 Å². The normalized spacial score (nSPS) is 16.8. The average Bonchev–Trinajstić information content (AvgIpc) is 2.81. The quantitative estimate of drug-likeness (QED) is 0.814. The molecular weight excluding hydrogens is 256 g/mol. The highest BCUT2D eigenvalue weighted by molar-refractivity contribution is 5.40. The Balaban J connectivity index is 1.87. The van der Waals surface area contributed by atoms with E-state index in [4.69, 9.17) is 4.74 Å². The van der Waals surface area contributed by atoms with Crippen LogP contribution in [0.15, 0.2) is 40.1 Å². The topological polar surface area (TPSA) is 53.2 Å². The molecule has 0 aliphatic carbocycles. The van der Waals surface area contributed by atoms with E-state index in [9.17, 15) is 9.59 Å². The molecule has 20 heavy (non-hydrogen) atoms. The van der Waals surface area contributed by atoms with Gasteiger partial charge >= 0.3 is 5.69 Å². The van der Waals surface area contributed by atoms with Crippen molar-refractivity contribution in [2.24, 2.45) is 7.05 Å². The van der Waals surface area contributed by atoms with Crippen LogP contribution >= 0.6 is 0 Å². The van der Waals surface area contributed by atoms with E-state index in [0.29, 0.717) is 0 Å². The first-order valence-corrected chi connectivity index (χ1v) is 6.57. The molecule has 0 bridgehead atoms. The van der Waals surface area contributed by atoms with Crippen LogP contribution in [0.3, 0.4) is 0 Å². The molecule has 2 heterocycles. The maximum atomic E-state index is 12.0. The monoisotopic (exact) mass is 272 g/mol. The van der Waals surface area contributed by atoms with Crippen LogP contribution in [0.2, 0.25) is 0 Å². The van der Waals surface area contributed by atoms with Gasteiger partial charge in [-0.3, -0.25) is 9.36 Å². The molecular formula is C15H16N2O3. The number of hydrogen-bond acceptors (Lipinski definition) is 3. The molecule has 5 nitrogen and oxygen atoms in total. The molecule has 1 aliphatic rings. The molecule has 0 saturated heterocycles. The molecule has 2 aromatic rings. The van der Waals surface area contributed by atoms with Crippen LogP contribution in [0.25, 0.3) is 0 Å². The largest absolute Gasteiger partial charge is 0.488 e. The summed E-state index contributed by atoms with van der Waals surface area (Å²) in [6, 6.07) is 7.42. The smallest absolute Gasteiger partial charge is 0.330 e. The van der Waals surface area contributed by atoms with Crippen molar-refractivity contribution in [3.63, 3.8) is 0 Å². The third kappa shape index (κ3) is 2.15. The Kier molecular flexibility index (Phi) is 2.97. The third-order valence-electron chi connectivity index (χ3n) is 3.58. The Hall–Kier alpha value is -2.30. The summed E-state index contributed by atoms with van der Waals surface area (Å²) in [5.41, 5.74) is 1.72. The van der Waals surface area contributed by atoms with Crippen molar-refractivity contribution in [3.05, 3.63) is 62.4 Å². The number of aryl methyl sites for hydroxylation is 2. The first-order valence-electron chi connectivity index (χ1n) is 6.57. The minimum absolute atomic E-state index is 0.167. The van der Waals surface area contributed by atoms with Crippen LogP contribution in [0, 0.1) is 6.92 Å². The van der Waals surface area contributed by atoms with Gasteiger partial charge in [0.05, 0.1) is 6.54 Å². The molecule has 0 fully saturated rings. The number of ether oxygens (including phenoxy) is 1. The van der Waals surface area contributed by atoms with E-state index in [2.05, 4.69) is 6.07 Å². The second-order valence-corrected chi connectivity index (χ2v) is 5.21. The fourth-order valence-corrected chi connectivity index (χ4v) is 2.54. The zero-order valence-electron chi connectivity index (χ0n) is 11.5. The Bertz CT molecular complexity index is 773. The molecule has 1 unspecified atom stereocenters. The van der Waals surface area contributed by atoms with Crippen LogP contribution in [-0.2, 0) is 20.0 Å². The zero-order chi connectivity index (χ0) is 14.3. The highest BCUT2D eigenvalue weighted by atomic mass is 16.5. The molecule has 104 valence electrons. The fraction of sp³-hybridized carbons (Fsp3) is 0.333. The lowest BCUT2D eigenvalue weighted by molar-refractivity contribution is 0.204. The standard InChI is InChI=1S/C15H16N2O3/c1-10-3-4-13-11(7-10)8-12(20-13)9-17-14(18)5-6-16(2)15(17)19/h3-7,12H,8-9H2,1-2H3. The van der Waals surface area contributed by atoms with Gasteiger partial charge in [-0.1, -0.05) is 17.7 Å². The first-order chi connectivity index (χ1) is 9.54. The predicted molar refractivity (Wildman–Crippen MR) is 75.2 cm³/mol. The predicted octanol–water partition coefficient (Wildman–Crippen LogP) is 0.859. The lowest BCUT2D eigenvalue weighted by Crippen LogP contribution is -2.41. The maximum absolute atomic E-state index is 12.0. The summed E-state index contributed by atoms with van der Waals surface area (Å²) in [6.45, 7) is 2.31. The van der Waals surface area contributed by atoms with Gasteiger partial charge in [-0.25, -0.2) is 4.79 Å². The summed E-state index contributed by atoms with van der Waals surface area (Å²) in [7, 11) is 1.63. The Labute approximate surface area is 116 Å². The van der Waals surface area contributed by atoms with Gasteiger partial charge in [0.25, 0.3) is 5.56 Å².